The normalized spacial score (nSPS) is 10.7. The zero-order valence-electron chi connectivity index (χ0n) is 10.6. The predicted molar refractivity (Wildman–Crippen MR) is 79.1 cm³/mol. The zero-order chi connectivity index (χ0) is 15.2. The first kappa shape index (κ1) is 14.9. The number of H-pyrrole nitrogens is 2. The highest BCUT2D eigenvalue weighted by Crippen LogP contribution is 2.08. The Kier molecular flexibility index (Phi) is 4.77. The van der Waals surface area contributed by atoms with Gasteiger partial charge >= 0.3 is 5.69 Å². The van der Waals surface area contributed by atoms with Crippen LogP contribution in [0.5, 0.6) is 0 Å². The lowest BCUT2D eigenvalue weighted by atomic mass is 10.2. The number of hydrogen-bond acceptors (Lipinski definition) is 5. The number of benzene rings is 1. The minimum absolute atomic E-state index is 0.0917. The average Bonchev–Trinajstić information content (AvgIpc) is 2.44. The van der Waals surface area contributed by atoms with Crippen LogP contribution in [0.1, 0.15) is 11.3 Å². The number of nitrogens with one attached hydrogen (secondary N) is 3. The average molecular weight is 352 g/mol. The second kappa shape index (κ2) is 6.75. The molecule has 0 bridgehead atoms. The lowest BCUT2D eigenvalue weighted by Crippen LogP contribution is -2.31. The van der Waals surface area contributed by atoms with Crippen LogP contribution in [-0.2, 0) is 11.2 Å². The summed E-state index contributed by atoms with van der Waals surface area (Å²) in [6.45, 7) is 0. The van der Waals surface area contributed by atoms with Crippen molar-refractivity contribution in [1.29, 1.82) is 0 Å². The Hall–Kier alpha value is -2.55. The molecule has 0 fully saturated rings. The first-order chi connectivity index (χ1) is 10.0. The Bertz CT molecular complexity index is 778. The third-order valence-electron chi connectivity index (χ3n) is 2.38. The topological polar surface area (TPSA) is 120 Å². The second-order valence-electron chi connectivity index (χ2n) is 3.98. The molecule has 0 aliphatic carbocycles. The van der Waals surface area contributed by atoms with Crippen molar-refractivity contribution in [1.82, 2.24) is 20.6 Å². The van der Waals surface area contributed by atoms with Gasteiger partial charge in [-0.2, -0.15) is 10.2 Å². The number of hydrazone groups is 1. The van der Waals surface area contributed by atoms with Crippen LogP contribution >= 0.6 is 15.9 Å². The van der Waals surface area contributed by atoms with E-state index in [0.29, 0.717) is 0 Å². The summed E-state index contributed by atoms with van der Waals surface area (Å²) in [7, 11) is 0. The summed E-state index contributed by atoms with van der Waals surface area (Å²) in [6, 6.07) is 7.31. The molecule has 2 rings (SSSR count). The van der Waals surface area contributed by atoms with Crippen molar-refractivity contribution in [2.75, 3.05) is 0 Å². The fraction of sp³-hybridized carbons (Fsp3) is 0.0833. The van der Waals surface area contributed by atoms with Crippen LogP contribution in [0.3, 0.4) is 0 Å². The monoisotopic (exact) mass is 351 g/mol. The van der Waals surface area contributed by atoms with E-state index in [-0.39, 0.29) is 12.1 Å². The molecule has 0 radical (unpaired) electrons. The maximum atomic E-state index is 11.6. The smallest absolute Gasteiger partial charge is 0.273 e. The highest BCUT2D eigenvalue weighted by molar-refractivity contribution is 9.10. The van der Waals surface area contributed by atoms with Gasteiger partial charge in [0.25, 0.3) is 5.56 Å². The number of amides is 1. The van der Waals surface area contributed by atoms with Crippen LogP contribution in [0.4, 0.5) is 0 Å². The summed E-state index contributed by atoms with van der Waals surface area (Å²) in [5.41, 5.74) is 1.55. The molecular formula is C12H10BrN5O3. The number of halogens is 1. The predicted octanol–water partition coefficient (Wildman–Crippen LogP) is -0.0865. The van der Waals surface area contributed by atoms with Gasteiger partial charge in [-0.1, -0.05) is 28.1 Å². The van der Waals surface area contributed by atoms with Crippen molar-refractivity contribution >= 4 is 28.1 Å². The van der Waals surface area contributed by atoms with Gasteiger partial charge < -0.3 is 0 Å². The third-order valence-corrected chi connectivity index (χ3v) is 2.91. The molecule has 3 N–H and O–H groups in total. The van der Waals surface area contributed by atoms with Gasteiger partial charge in [0.05, 0.1) is 12.6 Å². The number of carbonyl (C=O) groups is 1. The minimum Gasteiger partial charge on any atom is -0.273 e. The molecule has 0 aliphatic heterocycles. The Morgan fingerprint density at radius 3 is 2.71 bits per heavy atom. The molecule has 2 aromatic rings. The lowest BCUT2D eigenvalue weighted by Gasteiger charge is -1.98. The highest BCUT2D eigenvalue weighted by Gasteiger charge is 2.08. The standard InChI is InChI=1S/C12H10BrN5O3/c13-8-3-1-7(2-4-8)6-14-17-10(19)5-9-11(20)15-12(21)18-16-9/h1-4,6H,5H2,(H,17,19)(H2,15,18,20,21). The Morgan fingerprint density at radius 1 is 1.33 bits per heavy atom. The van der Waals surface area contributed by atoms with Crippen LogP contribution < -0.4 is 16.7 Å². The van der Waals surface area contributed by atoms with Gasteiger partial charge in [-0.25, -0.2) is 15.3 Å². The number of aromatic amines is 2. The fourth-order valence-electron chi connectivity index (χ4n) is 1.41. The molecule has 108 valence electrons. The summed E-state index contributed by atoms with van der Waals surface area (Å²) < 4.78 is 0.937. The van der Waals surface area contributed by atoms with Crippen molar-refractivity contribution in [2.45, 2.75) is 6.42 Å². The molecule has 0 saturated heterocycles. The molecule has 21 heavy (non-hydrogen) atoms. The minimum atomic E-state index is -0.725. The molecule has 1 aromatic carbocycles. The summed E-state index contributed by atoms with van der Waals surface area (Å²) in [4.78, 5) is 35.7. The van der Waals surface area contributed by atoms with Crippen molar-refractivity contribution in [3.63, 3.8) is 0 Å². The second-order valence-corrected chi connectivity index (χ2v) is 4.89. The van der Waals surface area contributed by atoms with Gasteiger partial charge in [-0.05, 0) is 17.7 Å². The molecule has 0 atom stereocenters. The highest BCUT2D eigenvalue weighted by atomic mass is 79.9. The first-order valence-corrected chi connectivity index (χ1v) is 6.59. The van der Waals surface area contributed by atoms with E-state index in [2.05, 4.69) is 31.6 Å². The van der Waals surface area contributed by atoms with Crippen LogP contribution in [0.15, 0.2) is 43.4 Å². The molecule has 0 saturated carbocycles. The van der Waals surface area contributed by atoms with Crippen LogP contribution in [0.2, 0.25) is 0 Å². The third kappa shape index (κ3) is 4.49. The van der Waals surface area contributed by atoms with Crippen LogP contribution in [0.25, 0.3) is 0 Å². The van der Waals surface area contributed by atoms with E-state index in [1.54, 1.807) is 0 Å². The fourth-order valence-corrected chi connectivity index (χ4v) is 1.68. The van der Waals surface area contributed by atoms with Gasteiger partial charge in [-0.3, -0.25) is 14.6 Å². The number of nitrogens with zero attached hydrogens (tertiary/aromatic N) is 2. The number of carbonyl (C=O) groups excluding carboxylic acids is 1. The van der Waals surface area contributed by atoms with E-state index < -0.39 is 17.2 Å². The van der Waals surface area contributed by atoms with Gasteiger partial charge in [0.2, 0.25) is 5.91 Å². The molecule has 1 amide bonds. The molecular weight excluding hydrogens is 342 g/mol. The SMILES string of the molecule is O=C(Cc1n[nH]c(=O)[nH]c1=O)NN=Cc1ccc(Br)cc1. The van der Waals surface area contributed by atoms with Gasteiger partial charge in [0, 0.05) is 4.47 Å². The van der Waals surface area contributed by atoms with Gasteiger partial charge in [0.1, 0.15) is 5.69 Å². The summed E-state index contributed by atoms with van der Waals surface area (Å²) in [5, 5.41) is 9.31. The van der Waals surface area contributed by atoms with Crippen molar-refractivity contribution in [3.8, 4) is 0 Å². The number of rotatable bonds is 4. The van der Waals surface area contributed by atoms with E-state index in [1.165, 1.54) is 6.21 Å². The van der Waals surface area contributed by atoms with Gasteiger partial charge in [-0.15, -0.1) is 0 Å². The van der Waals surface area contributed by atoms with E-state index in [4.69, 9.17) is 0 Å². The molecule has 8 nitrogen and oxygen atoms in total. The number of hydrogen-bond donors (Lipinski definition) is 3. The molecule has 9 heteroatoms. The first-order valence-electron chi connectivity index (χ1n) is 5.80. The van der Waals surface area contributed by atoms with E-state index in [1.807, 2.05) is 34.3 Å². The Morgan fingerprint density at radius 2 is 2.05 bits per heavy atom. The zero-order valence-corrected chi connectivity index (χ0v) is 12.2. The summed E-state index contributed by atoms with van der Waals surface area (Å²) in [5.74, 6) is -0.520. The van der Waals surface area contributed by atoms with Gasteiger partial charge in [0.15, 0.2) is 0 Å². The summed E-state index contributed by atoms with van der Waals surface area (Å²) >= 11 is 3.31. The van der Waals surface area contributed by atoms with Crippen LogP contribution in [0, 0.1) is 0 Å². The Labute approximate surface area is 126 Å². The van der Waals surface area contributed by atoms with Crippen molar-refractivity contribution in [3.05, 3.63) is 60.8 Å². The molecule has 0 aliphatic rings. The Balaban J connectivity index is 1.94. The maximum Gasteiger partial charge on any atom is 0.342 e. The van der Waals surface area contributed by atoms with Crippen molar-refractivity contribution in [2.24, 2.45) is 5.10 Å². The largest absolute Gasteiger partial charge is 0.342 e. The molecule has 0 spiro atoms. The van der Waals surface area contributed by atoms with Crippen LogP contribution in [-0.4, -0.2) is 27.3 Å². The molecule has 1 heterocycles. The number of aromatic nitrogens is 3. The summed E-state index contributed by atoms with van der Waals surface area (Å²) in [6.07, 6.45) is 1.18. The lowest BCUT2D eigenvalue weighted by molar-refractivity contribution is -0.120. The molecule has 0 unspecified atom stereocenters. The van der Waals surface area contributed by atoms with Crippen molar-refractivity contribution < 1.29 is 4.79 Å². The quantitative estimate of drug-likeness (QED) is 0.526. The van der Waals surface area contributed by atoms with E-state index >= 15 is 0 Å². The molecule has 1 aromatic heterocycles. The van der Waals surface area contributed by atoms with E-state index in [0.717, 1.165) is 10.0 Å². The van der Waals surface area contributed by atoms with E-state index in [9.17, 15) is 14.4 Å². The maximum absolute atomic E-state index is 11.6.